The lowest BCUT2D eigenvalue weighted by atomic mass is 10.0. The van der Waals surface area contributed by atoms with Crippen molar-refractivity contribution in [1.82, 2.24) is 10.6 Å². The van der Waals surface area contributed by atoms with E-state index in [0.29, 0.717) is 30.6 Å². The van der Waals surface area contributed by atoms with E-state index in [1.165, 1.54) is 7.11 Å². The molecule has 0 saturated carbocycles. The molecule has 0 aliphatic rings. The molecule has 0 saturated heterocycles. The van der Waals surface area contributed by atoms with Gasteiger partial charge in [0.1, 0.15) is 6.04 Å². The van der Waals surface area contributed by atoms with Crippen molar-refractivity contribution < 1.29 is 14.3 Å². The fourth-order valence-corrected chi connectivity index (χ4v) is 1.55. The van der Waals surface area contributed by atoms with Crippen LogP contribution < -0.4 is 10.6 Å². The maximum atomic E-state index is 11.5. The molecule has 0 bridgehead atoms. The van der Waals surface area contributed by atoms with Gasteiger partial charge in [-0.1, -0.05) is 13.8 Å². The van der Waals surface area contributed by atoms with Crippen LogP contribution in [0.5, 0.6) is 0 Å². The average Bonchev–Trinajstić information content (AvgIpc) is 2.27. The van der Waals surface area contributed by atoms with Crippen molar-refractivity contribution in [3.8, 4) is 0 Å². The molecule has 0 aliphatic heterocycles. The minimum atomic E-state index is -0.400. The zero-order valence-corrected chi connectivity index (χ0v) is 11.7. The number of ether oxygens (including phenoxy) is 2. The predicted molar refractivity (Wildman–Crippen MR) is 70.9 cm³/mol. The van der Waals surface area contributed by atoms with Crippen LogP contribution in [0.2, 0.25) is 0 Å². The van der Waals surface area contributed by atoms with Gasteiger partial charge in [-0.25, -0.2) is 4.79 Å². The summed E-state index contributed by atoms with van der Waals surface area (Å²) < 4.78 is 9.62. The monoisotopic (exact) mass is 262 g/mol. The number of carbonyl (C=O) groups is 1. The molecule has 1 atom stereocenters. The van der Waals surface area contributed by atoms with Crippen LogP contribution in [0.15, 0.2) is 0 Å². The Kier molecular flexibility index (Phi) is 8.71. The zero-order valence-electron chi connectivity index (χ0n) is 10.9. The number of esters is 1. The lowest BCUT2D eigenvalue weighted by Gasteiger charge is -2.20. The normalized spacial score (nSPS) is 12.1. The topological polar surface area (TPSA) is 59.6 Å². The summed E-state index contributed by atoms with van der Waals surface area (Å²) in [5.74, 6) is 0.0861. The minimum Gasteiger partial charge on any atom is -0.467 e. The summed E-state index contributed by atoms with van der Waals surface area (Å²) in [6.07, 6.45) is 0.679. The van der Waals surface area contributed by atoms with Gasteiger partial charge < -0.3 is 20.1 Å². The first-order valence-electron chi connectivity index (χ1n) is 5.62. The Morgan fingerprint density at radius 2 is 2.00 bits per heavy atom. The summed E-state index contributed by atoms with van der Waals surface area (Å²) >= 11 is 5.08. The number of thiocarbonyl (C=S) groups is 1. The second-order valence-corrected chi connectivity index (χ2v) is 4.51. The van der Waals surface area contributed by atoms with E-state index in [1.807, 2.05) is 13.8 Å². The highest BCUT2D eigenvalue weighted by molar-refractivity contribution is 7.80. The maximum Gasteiger partial charge on any atom is 0.328 e. The summed E-state index contributed by atoms with van der Waals surface area (Å²) in [4.78, 5) is 11.5. The largest absolute Gasteiger partial charge is 0.467 e. The maximum absolute atomic E-state index is 11.5. The van der Waals surface area contributed by atoms with Crippen LogP contribution in [0.1, 0.15) is 20.3 Å². The summed E-state index contributed by atoms with van der Waals surface area (Å²) in [6.45, 7) is 5.25. The predicted octanol–water partition coefficient (Wildman–Crippen LogP) is 0.685. The Bertz CT molecular complexity index is 247. The number of methoxy groups -OCH3 is 2. The highest BCUT2D eigenvalue weighted by Crippen LogP contribution is 2.05. The Hall–Kier alpha value is -0.880. The van der Waals surface area contributed by atoms with Gasteiger partial charge in [-0.2, -0.15) is 0 Å². The molecule has 2 N–H and O–H groups in total. The second-order valence-electron chi connectivity index (χ2n) is 4.10. The molecule has 0 aliphatic carbocycles. The second kappa shape index (κ2) is 9.18. The third-order valence-corrected chi connectivity index (χ3v) is 2.35. The molecule has 0 aromatic rings. The number of carbonyl (C=O) groups excluding carboxylic acids is 1. The van der Waals surface area contributed by atoms with Gasteiger partial charge in [0.15, 0.2) is 5.11 Å². The van der Waals surface area contributed by atoms with Crippen molar-refractivity contribution in [3.05, 3.63) is 0 Å². The molecule has 100 valence electrons. The zero-order chi connectivity index (χ0) is 13.3. The fraction of sp³-hybridized carbons (Fsp3) is 0.818. The number of hydrogen-bond acceptors (Lipinski definition) is 4. The van der Waals surface area contributed by atoms with Gasteiger partial charge in [0.25, 0.3) is 0 Å². The highest BCUT2D eigenvalue weighted by atomic mass is 32.1. The highest BCUT2D eigenvalue weighted by Gasteiger charge is 2.20. The molecule has 0 aromatic carbocycles. The molecule has 17 heavy (non-hydrogen) atoms. The summed E-state index contributed by atoms with van der Waals surface area (Å²) in [7, 11) is 2.99. The molecule has 0 spiro atoms. The number of rotatable bonds is 7. The quantitative estimate of drug-likeness (QED) is 0.400. The van der Waals surface area contributed by atoms with E-state index in [1.54, 1.807) is 7.11 Å². The molecule has 5 nitrogen and oxygen atoms in total. The minimum absolute atomic E-state index is 0.297. The Balaban J connectivity index is 4.13. The van der Waals surface area contributed by atoms with Crippen molar-refractivity contribution in [2.24, 2.45) is 5.92 Å². The van der Waals surface area contributed by atoms with Gasteiger partial charge in [-0.15, -0.1) is 0 Å². The molecule has 1 unspecified atom stereocenters. The van der Waals surface area contributed by atoms with E-state index in [2.05, 4.69) is 10.6 Å². The van der Waals surface area contributed by atoms with Crippen LogP contribution in [0.25, 0.3) is 0 Å². The first-order chi connectivity index (χ1) is 8.01. The molecule has 0 rings (SSSR count). The molecular weight excluding hydrogens is 240 g/mol. The van der Waals surface area contributed by atoms with Gasteiger partial charge >= 0.3 is 5.97 Å². The van der Waals surface area contributed by atoms with Crippen LogP contribution in [0, 0.1) is 5.92 Å². The molecule has 0 heterocycles. The number of nitrogens with one attached hydrogen (secondary N) is 2. The van der Waals surface area contributed by atoms with E-state index in [0.717, 1.165) is 0 Å². The van der Waals surface area contributed by atoms with Crippen molar-refractivity contribution >= 4 is 23.3 Å². The number of hydrogen-bond donors (Lipinski definition) is 2. The molecule has 0 fully saturated rings. The van der Waals surface area contributed by atoms with E-state index in [4.69, 9.17) is 21.7 Å². The lowest BCUT2D eigenvalue weighted by molar-refractivity contribution is -0.143. The molecule has 0 amide bonds. The van der Waals surface area contributed by atoms with E-state index in [-0.39, 0.29) is 5.97 Å². The van der Waals surface area contributed by atoms with Crippen molar-refractivity contribution in [1.29, 1.82) is 0 Å². The van der Waals surface area contributed by atoms with E-state index < -0.39 is 6.04 Å². The van der Waals surface area contributed by atoms with Crippen LogP contribution in [-0.2, 0) is 14.3 Å². The van der Waals surface area contributed by atoms with Crippen molar-refractivity contribution in [3.63, 3.8) is 0 Å². The van der Waals surface area contributed by atoms with Crippen LogP contribution in [-0.4, -0.2) is 44.5 Å². The standard InChI is InChI=1S/C11H22N2O3S/c1-8(2)7-9(10(14)16-4)13-11(17)12-5-6-15-3/h8-9H,5-7H2,1-4H3,(H2,12,13,17). The van der Waals surface area contributed by atoms with Gasteiger partial charge in [0.2, 0.25) is 0 Å². The molecule has 6 heteroatoms. The third-order valence-electron chi connectivity index (χ3n) is 2.09. The molecule has 0 aromatic heterocycles. The Morgan fingerprint density at radius 3 is 2.47 bits per heavy atom. The lowest BCUT2D eigenvalue weighted by Crippen LogP contribution is -2.47. The van der Waals surface area contributed by atoms with Gasteiger partial charge in [-0.3, -0.25) is 0 Å². The van der Waals surface area contributed by atoms with E-state index in [9.17, 15) is 4.79 Å². The molecular formula is C11H22N2O3S. The van der Waals surface area contributed by atoms with Gasteiger partial charge in [-0.05, 0) is 24.6 Å². The van der Waals surface area contributed by atoms with Crippen molar-refractivity contribution in [2.45, 2.75) is 26.3 Å². The smallest absolute Gasteiger partial charge is 0.328 e. The van der Waals surface area contributed by atoms with Crippen molar-refractivity contribution in [2.75, 3.05) is 27.4 Å². The van der Waals surface area contributed by atoms with Crippen LogP contribution >= 0.6 is 12.2 Å². The van der Waals surface area contributed by atoms with Crippen LogP contribution in [0.3, 0.4) is 0 Å². The van der Waals surface area contributed by atoms with Crippen LogP contribution in [0.4, 0.5) is 0 Å². The average molecular weight is 262 g/mol. The van der Waals surface area contributed by atoms with E-state index >= 15 is 0 Å². The first kappa shape index (κ1) is 16.1. The summed E-state index contributed by atoms with van der Waals surface area (Å²) in [5.41, 5.74) is 0. The van der Waals surface area contributed by atoms with Gasteiger partial charge in [0, 0.05) is 13.7 Å². The Morgan fingerprint density at radius 1 is 1.35 bits per heavy atom. The summed E-state index contributed by atoms with van der Waals surface area (Å²) in [5, 5.41) is 6.34. The third kappa shape index (κ3) is 7.93. The first-order valence-corrected chi connectivity index (χ1v) is 6.03. The Labute approximate surface area is 108 Å². The van der Waals surface area contributed by atoms with Gasteiger partial charge in [0.05, 0.1) is 13.7 Å². The summed E-state index contributed by atoms with van der Waals surface area (Å²) in [6, 6.07) is -0.400. The SMILES string of the molecule is COCCNC(=S)NC(CC(C)C)C(=O)OC. The molecule has 0 radical (unpaired) electrons. The fourth-order valence-electron chi connectivity index (χ4n) is 1.30.